The monoisotopic (exact) mass is 262 g/mol. The third kappa shape index (κ3) is 1.90. The normalized spacial score (nSPS) is 19.4. The first-order valence-electron chi connectivity index (χ1n) is 6.81. The van der Waals surface area contributed by atoms with Crippen LogP contribution < -0.4 is 4.74 Å². The molecule has 0 unspecified atom stereocenters. The molecule has 0 saturated carbocycles. The van der Waals surface area contributed by atoms with Crippen LogP contribution in [0.15, 0.2) is 83.6 Å². The van der Waals surface area contributed by atoms with E-state index in [0.717, 1.165) is 35.7 Å². The maximum atomic E-state index is 6.01. The lowest BCUT2D eigenvalue weighted by atomic mass is 9.96. The third-order valence-corrected chi connectivity index (χ3v) is 3.70. The number of rotatable bonds is 1. The van der Waals surface area contributed by atoms with E-state index < -0.39 is 0 Å². The minimum atomic E-state index is 0.883. The highest BCUT2D eigenvalue weighted by Gasteiger charge is 2.19. The molecule has 1 aromatic carbocycles. The summed E-state index contributed by atoms with van der Waals surface area (Å²) in [7, 11) is 0. The summed E-state index contributed by atoms with van der Waals surface area (Å²) in [4.78, 5) is 0. The van der Waals surface area contributed by atoms with Gasteiger partial charge in [0, 0.05) is 5.57 Å². The van der Waals surface area contributed by atoms with Crippen molar-refractivity contribution in [3.05, 3.63) is 89.1 Å². The number of hydrogen-bond acceptors (Lipinski definition) is 2. The molecule has 4 rings (SSSR count). The standard InChI is InChI=1S/C18H14O2/c1-2-6-16-13(4-1)9-10-17(20-16)15-8-7-14-5-3-11-19-18(14)12-15/h1-6,8,10-12H,7,9H2. The molecule has 1 aliphatic carbocycles. The summed E-state index contributed by atoms with van der Waals surface area (Å²) in [5.41, 5.74) is 3.55. The molecule has 2 heterocycles. The van der Waals surface area contributed by atoms with Gasteiger partial charge in [0.1, 0.15) is 17.3 Å². The Morgan fingerprint density at radius 3 is 2.90 bits per heavy atom. The van der Waals surface area contributed by atoms with Crippen LogP contribution >= 0.6 is 0 Å². The molecule has 2 nitrogen and oxygen atoms in total. The summed E-state index contributed by atoms with van der Waals surface area (Å²) in [6.07, 6.45) is 13.9. The molecule has 0 N–H and O–H groups in total. The lowest BCUT2D eigenvalue weighted by Crippen LogP contribution is -2.09. The zero-order valence-electron chi connectivity index (χ0n) is 11.0. The van der Waals surface area contributed by atoms with Gasteiger partial charge in [-0.25, -0.2) is 0 Å². The molecular weight excluding hydrogens is 248 g/mol. The molecule has 0 spiro atoms. The van der Waals surface area contributed by atoms with Gasteiger partial charge in [0.15, 0.2) is 0 Å². The zero-order valence-corrected chi connectivity index (χ0v) is 11.0. The predicted octanol–water partition coefficient (Wildman–Crippen LogP) is 4.19. The first kappa shape index (κ1) is 11.4. The Labute approximate surface area is 118 Å². The van der Waals surface area contributed by atoms with Crippen LogP contribution in [0.25, 0.3) is 0 Å². The summed E-state index contributed by atoms with van der Waals surface area (Å²) in [5, 5.41) is 0. The smallest absolute Gasteiger partial charge is 0.130 e. The molecule has 2 heteroatoms. The molecule has 0 atom stereocenters. The highest BCUT2D eigenvalue weighted by molar-refractivity contribution is 5.52. The molecule has 20 heavy (non-hydrogen) atoms. The first-order valence-corrected chi connectivity index (χ1v) is 6.81. The van der Waals surface area contributed by atoms with Crippen LogP contribution in [-0.2, 0) is 11.2 Å². The summed E-state index contributed by atoms with van der Waals surface area (Å²) in [5.74, 6) is 2.80. The second-order valence-electron chi connectivity index (χ2n) is 4.99. The zero-order chi connectivity index (χ0) is 13.4. The Bertz CT molecular complexity index is 715. The molecule has 98 valence electrons. The van der Waals surface area contributed by atoms with Crippen molar-refractivity contribution in [3.8, 4) is 5.75 Å². The van der Waals surface area contributed by atoms with Crippen molar-refractivity contribution in [2.75, 3.05) is 0 Å². The van der Waals surface area contributed by atoms with E-state index in [1.54, 1.807) is 6.26 Å². The van der Waals surface area contributed by atoms with Gasteiger partial charge in [-0.2, -0.15) is 0 Å². The molecule has 0 saturated heterocycles. The number of para-hydroxylation sites is 1. The van der Waals surface area contributed by atoms with Crippen LogP contribution in [0.1, 0.15) is 12.0 Å². The van der Waals surface area contributed by atoms with Gasteiger partial charge < -0.3 is 9.47 Å². The maximum absolute atomic E-state index is 6.01. The molecular formula is C18H14O2. The van der Waals surface area contributed by atoms with Crippen molar-refractivity contribution in [1.29, 1.82) is 0 Å². The Morgan fingerprint density at radius 2 is 1.90 bits per heavy atom. The topological polar surface area (TPSA) is 18.5 Å². The van der Waals surface area contributed by atoms with Crippen LogP contribution in [0.4, 0.5) is 0 Å². The van der Waals surface area contributed by atoms with Gasteiger partial charge in [-0.05, 0) is 48.3 Å². The van der Waals surface area contributed by atoms with Gasteiger partial charge >= 0.3 is 0 Å². The summed E-state index contributed by atoms with van der Waals surface area (Å²) >= 11 is 0. The number of fused-ring (bicyclic) bond motifs is 2. The highest BCUT2D eigenvalue weighted by Crippen LogP contribution is 2.34. The van der Waals surface area contributed by atoms with Gasteiger partial charge in [-0.3, -0.25) is 0 Å². The predicted molar refractivity (Wildman–Crippen MR) is 77.9 cm³/mol. The first-order chi connectivity index (χ1) is 9.90. The Morgan fingerprint density at radius 1 is 0.950 bits per heavy atom. The Balaban J connectivity index is 1.63. The maximum Gasteiger partial charge on any atom is 0.130 e. The average Bonchev–Trinajstić information content (AvgIpc) is 2.54. The molecule has 0 aromatic heterocycles. The second-order valence-corrected chi connectivity index (χ2v) is 4.99. The van der Waals surface area contributed by atoms with E-state index in [0.29, 0.717) is 0 Å². The highest BCUT2D eigenvalue weighted by atomic mass is 16.5. The van der Waals surface area contributed by atoms with Gasteiger partial charge in [0.05, 0.1) is 6.26 Å². The molecule has 0 bridgehead atoms. The average molecular weight is 262 g/mol. The van der Waals surface area contributed by atoms with Crippen LogP contribution in [0.2, 0.25) is 0 Å². The number of ether oxygens (including phenoxy) is 2. The fourth-order valence-electron chi connectivity index (χ4n) is 2.62. The SMILES string of the molecule is C1=COC2=CC(C3=CCc4ccccc4O3)=CCC2=C1. The minimum absolute atomic E-state index is 0.883. The van der Waals surface area contributed by atoms with E-state index in [2.05, 4.69) is 30.4 Å². The third-order valence-electron chi connectivity index (χ3n) is 3.70. The van der Waals surface area contributed by atoms with Crippen LogP contribution in [0.3, 0.4) is 0 Å². The molecule has 0 radical (unpaired) electrons. The fraction of sp³-hybridized carbons (Fsp3) is 0.111. The van der Waals surface area contributed by atoms with Gasteiger partial charge in [-0.15, -0.1) is 0 Å². The summed E-state index contributed by atoms with van der Waals surface area (Å²) in [6, 6.07) is 8.17. The summed E-state index contributed by atoms with van der Waals surface area (Å²) < 4.78 is 11.6. The van der Waals surface area contributed by atoms with Gasteiger partial charge in [0.25, 0.3) is 0 Å². The van der Waals surface area contributed by atoms with Crippen LogP contribution in [-0.4, -0.2) is 0 Å². The van der Waals surface area contributed by atoms with E-state index in [9.17, 15) is 0 Å². The second kappa shape index (κ2) is 4.57. The Hall–Kier alpha value is -2.48. The molecule has 2 aliphatic heterocycles. The molecule has 3 aliphatic rings. The minimum Gasteiger partial charge on any atom is -0.465 e. The number of benzene rings is 1. The van der Waals surface area contributed by atoms with E-state index in [1.165, 1.54) is 11.1 Å². The number of hydrogen-bond donors (Lipinski definition) is 0. The van der Waals surface area contributed by atoms with Crippen molar-refractivity contribution in [2.45, 2.75) is 12.8 Å². The quantitative estimate of drug-likeness (QED) is 0.755. The molecule has 1 aromatic rings. The van der Waals surface area contributed by atoms with Gasteiger partial charge in [-0.1, -0.05) is 30.4 Å². The van der Waals surface area contributed by atoms with E-state index in [-0.39, 0.29) is 0 Å². The number of allylic oxidation sites excluding steroid dienone is 6. The van der Waals surface area contributed by atoms with E-state index in [4.69, 9.17) is 9.47 Å². The van der Waals surface area contributed by atoms with E-state index >= 15 is 0 Å². The van der Waals surface area contributed by atoms with Crippen molar-refractivity contribution in [3.63, 3.8) is 0 Å². The van der Waals surface area contributed by atoms with Crippen molar-refractivity contribution in [2.24, 2.45) is 0 Å². The van der Waals surface area contributed by atoms with Crippen molar-refractivity contribution >= 4 is 0 Å². The molecule has 0 amide bonds. The van der Waals surface area contributed by atoms with E-state index in [1.807, 2.05) is 24.3 Å². The Kier molecular flexibility index (Phi) is 2.59. The van der Waals surface area contributed by atoms with Gasteiger partial charge in [0.2, 0.25) is 0 Å². The fourth-order valence-corrected chi connectivity index (χ4v) is 2.62. The van der Waals surface area contributed by atoms with Crippen molar-refractivity contribution < 1.29 is 9.47 Å². The lowest BCUT2D eigenvalue weighted by Gasteiger charge is -2.22. The summed E-state index contributed by atoms with van der Waals surface area (Å²) in [6.45, 7) is 0. The van der Waals surface area contributed by atoms with Crippen LogP contribution in [0.5, 0.6) is 5.75 Å². The lowest BCUT2D eigenvalue weighted by molar-refractivity contribution is 0.351. The molecule has 0 fully saturated rings. The van der Waals surface area contributed by atoms with Crippen LogP contribution in [0, 0.1) is 0 Å². The largest absolute Gasteiger partial charge is 0.465 e. The van der Waals surface area contributed by atoms with Crippen molar-refractivity contribution in [1.82, 2.24) is 0 Å².